The summed E-state index contributed by atoms with van der Waals surface area (Å²) in [5, 5.41) is 9.46. The zero-order valence-corrected chi connectivity index (χ0v) is 9.66. The average molecular weight is 235 g/mol. The Kier molecular flexibility index (Phi) is 2.84. The van der Waals surface area contributed by atoms with Crippen LogP contribution < -0.4 is 4.90 Å². The van der Waals surface area contributed by atoms with Gasteiger partial charge in [-0.2, -0.15) is 5.26 Å². The number of carbonyl (C=O) groups excluding carboxylic acids is 1. The molecule has 0 aromatic heterocycles. The maximum absolute atomic E-state index is 11.4. The first-order valence-electron chi connectivity index (χ1n) is 5.05. The molecule has 1 fully saturated rings. The number of benzene rings is 1. The topological polar surface area (TPSA) is 44.1 Å². The van der Waals surface area contributed by atoms with Gasteiger partial charge in [0, 0.05) is 17.3 Å². The minimum absolute atomic E-state index is 0.0146. The Morgan fingerprint density at radius 1 is 1.56 bits per heavy atom. The number of nitriles is 1. The predicted octanol–water partition coefficient (Wildman–Crippen LogP) is 2.18. The van der Waals surface area contributed by atoms with Crippen LogP contribution in [0.2, 0.25) is 5.02 Å². The SMILES string of the molecule is Cc1ccc(N2CC(=O)[C@H](C#N)C2)cc1Cl. The van der Waals surface area contributed by atoms with E-state index in [1.807, 2.05) is 36.1 Å². The lowest BCUT2D eigenvalue weighted by Crippen LogP contribution is -2.19. The van der Waals surface area contributed by atoms with Gasteiger partial charge in [-0.25, -0.2) is 0 Å². The largest absolute Gasteiger partial charge is 0.362 e. The van der Waals surface area contributed by atoms with Crippen molar-refractivity contribution in [3.05, 3.63) is 28.8 Å². The Bertz CT molecular complexity index is 478. The number of halogens is 1. The van der Waals surface area contributed by atoms with Gasteiger partial charge in [-0.15, -0.1) is 0 Å². The molecule has 1 saturated heterocycles. The van der Waals surface area contributed by atoms with Gasteiger partial charge in [0.15, 0.2) is 5.78 Å². The number of ketones is 1. The van der Waals surface area contributed by atoms with Crippen LogP contribution in [-0.2, 0) is 4.79 Å². The van der Waals surface area contributed by atoms with Crippen LogP contribution in [-0.4, -0.2) is 18.9 Å². The van der Waals surface area contributed by atoms with Crippen LogP contribution in [0.15, 0.2) is 18.2 Å². The van der Waals surface area contributed by atoms with Crippen molar-refractivity contribution < 1.29 is 4.79 Å². The third kappa shape index (κ3) is 1.89. The number of rotatable bonds is 1. The van der Waals surface area contributed by atoms with Crippen molar-refractivity contribution >= 4 is 23.1 Å². The molecule has 0 saturated carbocycles. The van der Waals surface area contributed by atoms with Crippen LogP contribution in [0.5, 0.6) is 0 Å². The smallest absolute Gasteiger partial charge is 0.170 e. The molecular weight excluding hydrogens is 224 g/mol. The van der Waals surface area contributed by atoms with E-state index in [1.54, 1.807) is 0 Å². The number of Topliss-reactive ketones (excluding diaryl/α,β-unsaturated/α-hetero) is 1. The molecule has 2 rings (SSSR count). The molecule has 1 aliphatic rings. The molecule has 0 unspecified atom stereocenters. The van der Waals surface area contributed by atoms with Crippen molar-refractivity contribution in [2.75, 3.05) is 18.0 Å². The molecule has 3 nitrogen and oxygen atoms in total. The summed E-state index contributed by atoms with van der Waals surface area (Å²) in [6.45, 7) is 2.70. The lowest BCUT2D eigenvalue weighted by molar-refractivity contribution is -0.118. The van der Waals surface area contributed by atoms with E-state index in [9.17, 15) is 4.79 Å². The van der Waals surface area contributed by atoms with E-state index in [1.165, 1.54) is 0 Å². The molecule has 1 atom stereocenters. The van der Waals surface area contributed by atoms with Crippen molar-refractivity contribution in [1.82, 2.24) is 0 Å². The summed E-state index contributed by atoms with van der Waals surface area (Å²) in [5.74, 6) is -0.515. The third-order valence-electron chi connectivity index (χ3n) is 2.81. The second-order valence-corrected chi connectivity index (χ2v) is 4.37. The number of hydrogen-bond donors (Lipinski definition) is 0. The fourth-order valence-corrected chi connectivity index (χ4v) is 1.95. The van der Waals surface area contributed by atoms with Crippen LogP contribution in [0.25, 0.3) is 0 Å². The Labute approximate surface area is 99.2 Å². The molecule has 16 heavy (non-hydrogen) atoms. The van der Waals surface area contributed by atoms with Gasteiger partial charge < -0.3 is 4.90 Å². The van der Waals surface area contributed by atoms with Gasteiger partial charge in [-0.3, -0.25) is 4.79 Å². The van der Waals surface area contributed by atoms with E-state index in [2.05, 4.69) is 0 Å². The Hall–Kier alpha value is -1.53. The van der Waals surface area contributed by atoms with E-state index in [-0.39, 0.29) is 5.78 Å². The normalized spacial score (nSPS) is 19.9. The minimum Gasteiger partial charge on any atom is -0.362 e. The summed E-state index contributed by atoms with van der Waals surface area (Å²) in [6, 6.07) is 7.70. The molecule has 0 spiro atoms. The van der Waals surface area contributed by atoms with Gasteiger partial charge in [0.05, 0.1) is 12.6 Å². The highest BCUT2D eigenvalue weighted by Crippen LogP contribution is 2.26. The second kappa shape index (κ2) is 4.15. The van der Waals surface area contributed by atoms with E-state index < -0.39 is 5.92 Å². The molecule has 0 amide bonds. The van der Waals surface area contributed by atoms with Crippen molar-refractivity contribution in [2.45, 2.75) is 6.92 Å². The summed E-state index contributed by atoms with van der Waals surface area (Å²) in [4.78, 5) is 13.3. The molecule has 1 aromatic carbocycles. The lowest BCUT2D eigenvalue weighted by atomic mass is 10.1. The molecule has 0 N–H and O–H groups in total. The highest BCUT2D eigenvalue weighted by molar-refractivity contribution is 6.31. The number of hydrogen-bond acceptors (Lipinski definition) is 3. The number of aryl methyl sites for hydroxylation is 1. The molecule has 0 radical (unpaired) electrons. The maximum Gasteiger partial charge on any atom is 0.170 e. The van der Waals surface area contributed by atoms with Crippen LogP contribution in [0, 0.1) is 24.2 Å². The third-order valence-corrected chi connectivity index (χ3v) is 3.22. The number of carbonyl (C=O) groups is 1. The Morgan fingerprint density at radius 2 is 2.31 bits per heavy atom. The Balaban J connectivity index is 2.24. The predicted molar refractivity (Wildman–Crippen MR) is 62.5 cm³/mol. The van der Waals surface area contributed by atoms with Crippen molar-refractivity contribution in [2.24, 2.45) is 5.92 Å². The fourth-order valence-electron chi connectivity index (χ4n) is 1.77. The summed E-state index contributed by atoms with van der Waals surface area (Å²) >= 11 is 6.02. The Morgan fingerprint density at radius 3 is 2.88 bits per heavy atom. The molecule has 0 aliphatic carbocycles. The highest BCUT2D eigenvalue weighted by Gasteiger charge is 2.30. The second-order valence-electron chi connectivity index (χ2n) is 3.96. The highest BCUT2D eigenvalue weighted by atomic mass is 35.5. The van der Waals surface area contributed by atoms with Gasteiger partial charge in [0.1, 0.15) is 5.92 Å². The van der Waals surface area contributed by atoms with Crippen LogP contribution in [0.1, 0.15) is 5.56 Å². The minimum atomic E-state index is -0.500. The van der Waals surface area contributed by atoms with Gasteiger partial charge in [-0.05, 0) is 24.6 Å². The first kappa shape index (κ1) is 11.0. The molecule has 1 aromatic rings. The lowest BCUT2D eigenvalue weighted by Gasteiger charge is -2.17. The van der Waals surface area contributed by atoms with E-state index in [0.29, 0.717) is 18.1 Å². The summed E-state index contributed by atoms with van der Waals surface area (Å²) in [5.41, 5.74) is 1.91. The summed E-state index contributed by atoms with van der Waals surface area (Å²) in [7, 11) is 0. The van der Waals surface area contributed by atoms with E-state index in [0.717, 1.165) is 11.3 Å². The standard InChI is InChI=1S/C12H11ClN2O/c1-8-2-3-10(4-11(8)13)15-6-9(5-14)12(16)7-15/h2-4,9H,6-7H2,1H3/t9-/m1/s1. The molecule has 0 bridgehead atoms. The van der Waals surface area contributed by atoms with Crippen molar-refractivity contribution in [3.63, 3.8) is 0 Å². The maximum atomic E-state index is 11.4. The first-order valence-corrected chi connectivity index (χ1v) is 5.43. The molecule has 1 aliphatic heterocycles. The van der Waals surface area contributed by atoms with E-state index in [4.69, 9.17) is 16.9 Å². The molecular formula is C12H11ClN2O. The van der Waals surface area contributed by atoms with Crippen LogP contribution in [0.4, 0.5) is 5.69 Å². The van der Waals surface area contributed by atoms with Crippen LogP contribution in [0.3, 0.4) is 0 Å². The summed E-state index contributed by atoms with van der Waals surface area (Å²) in [6.07, 6.45) is 0. The number of anilines is 1. The zero-order valence-electron chi connectivity index (χ0n) is 8.90. The average Bonchev–Trinajstić information content (AvgIpc) is 2.64. The van der Waals surface area contributed by atoms with Gasteiger partial charge >= 0.3 is 0 Å². The van der Waals surface area contributed by atoms with Gasteiger partial charge in [-0.1, -0.05) is 17.7 Å². The summed E-state index contributed by atoms with van der Waals surface area (Å²) < 4.78 is 0. The molecule has 82 valence electrons. The van der Waals surface area contributed by atoms with Crippen molar-refractivity contribution in [3.8, 4) is 6.07 Å². The molecule has 4 heteroatoms. The quantitative estimate of drug-likeness (QED) is 0.748. The monoisotopic (exact) mass is 234 g/mol. The fraction of sp³-hybridized carbons (Fsp3) is 0.333. The number of nitrogens with zero attached hydrogens (tertiary/aromatic N) is 2. The van der Waals surface area contributed by atoms with Crippen molar-refractivity contribution in [1.29, 1.82) is 5.26 Å². The van der Waals surface area contributed by atoms with Crippen LogP contribution >= 0.6 is 11.6 Å². The molecule has 1 heterocycles. The van der Waals surface area contributed by atoms with E-state index >= 15 is 0 Å². The van der Waals surface area contributed by atoms with Gasteiger partial charge in [0.2, 0.25) is 0 Å². The van der Waals surface area contributed by atoms with Gasteiger partial charge in [0.25, 0.3) is 0 Å². The first-order chi connectivity index (χ1) is 7.61. The zero-order chi connectivity index (χ0) is 11.7.